The molecule has 94 valence electrons. The number of hydrogen-bond acceptors (Lipinski definition) is 3. The molecule has 0 aromatic heterocycles. The summed E-state index contributed by atoms with van der Waals surface area (Å²) in [6.07, 6.45) is 5.53. The van der Waals surface area contributed by atoms with E-state index in [2.05, 4.69) is 18.9 Å². The average Bonchev–Trinajstić information content (AvgIpc) is 2.64. The SMILES string of the molecule is CC1CCCC(N(C)CC2COCC2N)C1. The smallest absolute Gasteiger partial charge is 0.0621 e. The molecule has 3 nitrogen and oxygen atoms in total. The van der Waals surface area contributed by atoms with E-state index in [1.54, 1.807) is 0 Å². The summed E-state index contributed by atoms with van der Waals surface area (Å²) in [6, 6.07) is 1.03. The molecule has 2 rings (SSSR count). The summed E-state index contributed by atoms with van der Waals surface area (Å²) in [5, 5.41) is 0. The lowest BCUT2D eigenvalue weighted by molar-refractivity contribution is 0.130. The van der Waals surface area contributed by atoms with Crippen LogP contribution in [0.4, 0.5) is 0 Å². The lowest BCUT2D eigenvalue weighted by Crippen LogP contribution is -2.42. The average molecular weight is 226 g/mol. The van der Waals surface area contributed by atoms with Gasteiger partial charge in [0, 0.05) is 24.5 Å². The van der Waals surface area contributed by atoms with Gasteiger partial charge >= 0.3 is 0 Å². The van der Waals surface area contributed by atoms with Crippen LogP contribution in [0.2, 0.25) is 0 Å². The van der Waals surface area contributed by atoms with E-state index in [-0.39, 0.29) is 6.04 Å². The molecule has 1 aliphatic carbocycles. The maximum Gasteiger partial charge on any atom is 0.0621 e. The number of hydrogen-bond donors (Lipinski definition) is 1. The van der Waals surface area contributed by atoms with E-state index in [0.29, 0.717) is 5.92 Å². The van der Waals surface area contributed by atoms with Gasteiger partial charge in [0.2, 0.25) is 0 Å². The Morgan fingerprint density at radius 1 is 1.31 bits per heavy atom. The largest absolute Gasteiger partial charge is 0.379 e. The van der Waals surface area contributed by atoms with Gasteiger partial charge in [-0.1, -0.05) is 19.8 Å². The first-order valence-electron chi connectivity index (χ1n) is 6.70. The van der Waals surface area contributed by atoms with Crippen LogP contribution in [-0.2, 0) is 4.74 Å². The molecule has 2 N–H and O–H groups in total. The van der Waals surface area contributed by atoms with Crippen molar-refractivity contribution in [1.29, 1.82) is 0 Å². The maximum atomic E-state index is 6.03. The molecule has 2 aliphatic rings. The lowest BCUT2D eigenvalue weighted by atomic mass is 9.86. The molecule has 4 atom stereocenters. The van der Waals surface area contributed by atoms with Gasteiger partial charge in [-0.15, -0.1) is 0 Å². The third-order valence-corrected chi connectivity index (χ3v) is 4.30. The molecule has 1 saturated heterocycles. The topological polar surface area (TPSA) is 38.5 Å². The Bertz CT molecular complexity index is 222. The first-order chi connectivity index (χ1) is 7.66. The minimum atomic E-state index is 0.253. The zero-order valence-corrected chi connectivity index (χ0v) is 10.7. The molecule has 0 aromatic rings. The van der Waals surface area contributed by atoms with Crippen LogP contribution in [0.5, 0.6) is 0 Å². The van der Waals surface area contributed by atoms with Crippen molar-refractivity contribution in [3.63, 3.8) is 0 Å². The van der Waals surface area contributed by atoms with Crippen LogP contribution in [0.1, 0.15) is 32.6 Å². The Kier molecular flexibility index (Phi) is 4.22. The summed E-state index contributed by atoms with van der Waals surface area (Å²) in [7, 11) is 2.26. The van der Waals surface area contributed by atoms with Crippen LogP contribution in [-0.4, -0.2) is 43.8 Å². The van der Waals surface area contributed by atoms with Crippen LogP contribution < -0.4 is 5.73 Å². The fraction of sp³-hybridized carbons (Fsp3) is 1.00. The minimum absolute atomic E-state index is 0.253. The molecule has 0 amide bonds. The zero-order chi connectivity index (χ0) is 11.5. The van der Waals surface area contributed by atoms with Crippen molar-refractivity contribution >= 4 is 0 Å². The molecule has 1 heterocycles. The van der Waals surface area contributed by atoms with Gasteiger partial charge in [-0.25, -0.2) is 0 Å². The zero-order valence-electron chi connectivity index (χ0n) is 10.7. The summed E-state index contributed by atoms with van der Waals surface area (Å²) in [4.78, 5) is 2.52. The maximum absolute atomic E-state index is 6.03. The third-order valence-electron chi connectivity index (χ3n) is 4.30. The van der Waals surface area contributed by atoms with Crippen molar-refractivity contribution in [1.82, 2.24) is 4.90 Å². The molecule has 0 bridgehead atoms. The van der Waals surface area contributed by atoms with Crippen molar-refractivity contribution in [3.05, 3.63) is 0 Å². The minimum Gasteiger partial charge on any atom is -0.379 e. The van der Waals surface area contributed by atoms with E-state index in [1.807, 2.05) is 0 Å². The van der Waals surface area contributed by atoms with Crippen molar-refractivity contribution in [2.45, 2.75) is 44.7 Å². The van der Waals surface area contributed by atoms with Crippen LogP contribution in [0.15, 0.2) is 0 Å². The predicted octanol–water partition coefficient (Wildman–Crippen LogP) is 1.47. The van der Waals surface area contributed by atoms with Crippen LogP contribution >= 0.6 is 0 Å². The molecule has 0 radical (unpaired) electrons. The summed E-state index contributed by atoms with van der Waals surface area (Å²) < 4.78 is 5.43. The second-order valence-electron chi connectivity index (χ2n) is 5.83. The Morgan fingerprint density at radius 3 is 2.75 bits per heavy atom. The summed E-state index contributed by atoms with van der Waals surface area (Å²) >= 11 is 0. The molecule has 4 unspecified atom stereocenters. The Morgan fingerprint density at radius 2 is 2.12 bits per heavy atom. The van der Waals surface area contributed by atoms with Crippen LogP contribution in [0.25, 0.3) is 0 Å². The highest BCUT2D eigenvalue weighted by Gasteiger charge is 2.29. The van der Waals surface area contributed by atoms with E-state index in [1.165, 1.54) is 25.7 Å². The van der Waals surface area contributed by atoms with E-state index < -0.39 is 0 Å². The predicted molar refractivity (Wildman–Crippen MR) is 66.3 cm³/mol. The molecule has 0 spiro atoms. The third kappa shape index (κ3) is 2.96. The quantitative estimate of drug-likeness (QED) is 0.792. The van der Waals surface area contributed by atoms with Gasteiger partial charge in [0.25, 0.3) is 0 Å². The van der Waals surface area contributed by atoms with Gasteiger partial charge in [-0.3, -0.25) is 0 Å². The molecule has 3 heteroatoms. The van der Waals surface area contributed by atoms with Gasteiger partial charge in [-0.2, -0.15) is 0 Å². The van der Waals surface area contributed by atoms with Crippen LogP contribution in [0.3, 0.4) is 0 Å². The van der Waals surface area contributed by atoms with Crippen LogP contribution in [0, 0.1) is 11.8 Å². The van der Waals surface area contributed by atoms with Gasteiger partial charge in [0.05, 0.1) is 13.2 Å². The Labute approximate surface area is 99.3 Å². The molecule has 1 saturated carbocycles. The standard InChI is InChI=1S/C13H26N2O/c1-10-4-3-5-12(6-10)15(2)7-11-8-16-9-13(11)14/h10-13H,3-9,14H2,1-2H3. The van der Waals surface area contributed by atoms with Gasteiger partial charge in [0.15, 0.2) is 0 Å². The van der Waals surface area contributed by atoms with Crippen molar-refractivity contribution in [3.8, 4) is 0 Å². The second-order valence-corrected chi connectivity index (χ2v) is 5.83. The fourth-order valence-electron chi connectivity index (χ4n) is 3.12. The Balaban J connectivity index is 1.80. The molecule has 2 fully saturated rings. The summed E-state index contributed by atoms with van der Waals surface area (Å²) in [6.45, 7) is 5.09. The molecular weight excluding hydrogens is 200 g/mol. The number of nitrogens with zero attached hydrogens (tertiary/aromatic N) is 1. The normalized spacial score (nSPS) is 40.5. The molecule has 1 aliphatic heterocycles. The molecule has 16 heavy (non-hydrogen) atoms. The first kappa shape index (κ1) is 12.3. The highest BCUT2D eigenvalue weighted by atomic mass is 16.5. The van der Waals surface area contributed by atoms with E-state index in [0.717, 1.165) is 31.7 Å². The number of nitrogens with two attached hydrogens (primary N) is 1. The van der Waals surface area contributed by atoms with Crippen molar-refractivity contribution < 1.29 is 4.74 Å². The van der Waals surface area contributed by atoms with Gasteiger partial charge in [-0.05, 0) is 25.8 Å². The number of rotatable bonds is 3. The van der Waals surface area contributed by atoms with E-state index in [9.17, 15) is 0 Å². The summed E-state index contributed by atoms with van der Waals surface area (Å²) in [5.41, 5.74) is 6.03. The Hall–Kier alpha value is -0.120. The lowest BCUT2D eigenvalue weighted by Gasteiger charge is -2.35. The van der Waals surface area contributed by atoms with Gasteiger partial charge in [0.1, 0.15) is 0 Å². The monoisotopic (exact) mass is 226 g/mol. The first-order valence-corrected chi connectivity index (χ1v) is 6.70. The van der Waals surface area contributed by atoms with E-state index >= 15 is 0 Å². The molecule has 0 aromatic carbocycles. The van der Waals surface area contributed by atoms with E-state index in [4.69, 9.17) is 10.5 Å². The van der Waals surface area contributed by atoms with Crippen molar-refractivity contribution in [2.75, 3.05) is 26.8 Å². The van der Waals surface area contributed by atoms with Gasteiger partial charge < -0.3 is 15.4 Å². The number of ether oxygens (including phenoxy) is 1. The highest BCUT2D eigenvalue weighted by Crippen LogP contribution is 2.27. The van der Waals surface area contributed by atoms with Crippen molar-refractivity contribution in [2.24, 2.45) is 17.6 Å². The highest BCUT2D eigenvalue weighted by molar-refractivity contribution is 4.84. The fourth-order valence-corrected chi connectivity index (χ4v) is 3.12. The summed E-state index contributed by atoms with van der Waals surface area (Å²) in [5.74, 6) is 1.44. The second kappa shape index (κ2) is 5.48. The molecular formula is C13H26N2O.